The predicted molar refractivity (Wildman–Crippen MR) is 126 cm³/mol. The smallest absolute Gasteiger partial charge is 0.416 e. The van der Waals surface area contributed by atoms with E-state index in [1.807, 2.05) is 0 Å². The average Bonchev–Trinajstić information content (AvgIpc) is 3.09. The number of carbonyl (C=O) groups excluding carboxylic acids is 2. The zero-order valence-electron chi connectivity index (χ0n) is 19.0. The van der Waals surface area contributed by atoms with Crippen molar-refractivity contribution in [2.45, 2.75) is 33.5 Å². The van der Waals surface area contributed by atoms with Crippen LogP contribution in [0.15, 0.2) is 42.5 Å². The van der Waals surface area contributed by atoms with Crippen LogP contribution in [0.5, 0.6) is 0 Å². The van der Waals surface area contributed by atoms with Crippen LogP contribution < -0.4 is 0 Å². The van der Waals surface area contributed by atoms with Crippen LogP contribution in [0.3, 0.4) is 0 Å². The molecule has 0 amide bonds. The number of hydrogen-bond donors (Lipinski definition) is 0. The van der Waals surface area contributed by atoms with Gasteiger partial charge >= 0.3 is 18.1 Å². The molecule has 0 aliphatic rings. The zero-order chi connectivity index (χ0) is 26.0. The van der Waals surface area contributed by atoms with Gasteiger partial charge in [-0.3, -0.25) is 9.48 Å². The largest absolute Gasteiger partial charge is 0.427 e. The third-order valence-electron chi connectivity index (χ3n) is 4.82. The summed E-state index contributed by atoms with van der Waals surface area (Å²) >= 11 is 12.2. The van der Waals surface area contributed by atoms with Crippen LogP contribution >= 0.6 is 23.2 Å². The van der Waals surface area contributed by atoms with Crippen LogP contribution in [0.25, 0.3) is 17.0 Å². The number of ether oxygens (including phenoxy) is 2. The molecule has 0 fully saturated rings. The van der Waals surface area contributed by atoms with Crippen molar-refractivity contribution in [1.82, 2.24) is 9.78 Å². The second kappa shape index (κ2) is 10.3. The third-order valence-corrected chi connectivity index (χ3v) is 5.41. The van der Waals surface area contributed by atoms with Crippen molar-refractivity contribution in [2.75, 3.05) is 6.79 Å². The van der Waals surface area contributed by atoms with E-state index < -0.39 is 35.9 Å². The highest BCUT2D eigenvalue weighted by Gasteiger charge is 2.31. The highest BCUT2D eigenvalue weighted by molar-refractivity contribution is 6.35. The molecule has 0 atom stereocenters. The fraction of sp³-hybridized carbons (Fsp3) is 0.292. The van der Waals surface area contributed by atoms with Crippen molar-refractivity contribution >= 4 is 52.1 Å². The maximum absolute atomic E-state index is 13.3. The number of nitrogens with zero attached hydrogens (tertiary/aromatic N) is 2. The highest BCUT2D eigenvalue weighted by atomic mass is 35.5. The molecule has 6 nitrogen and oxygen atoms in total. The highest BCUT2D eigenvalue weighted by Crippen LogP contribution is 2.33. The lowest BCUT2D eigenvalue weighted by Crippen LogP contribution is -2.24. The summed E-state index contributed by atoms with van der Waals surface area (Å²) in [5.41, 5.74) is -0.575. The van der Waals surface area contributed by atoms with Crippen molar-refractivity contribution in [2.24, 2.45) is 5.41 Å². The molecule has 0 N–H and O–H groups in total. The quantitative estimate of drug-likeness (QED) is 0.207. The molecule has 0 bridgehead atoms. The van der Waals surface area contributed by atoms with Crippen LogP contribution in [0.1, 0.15) is 37.6 Å². The Morgan fingerprint density at radius 2 is 1.77 bits per heavy atom. The van der Waals surface area contributed by atoms with Gasteiger partial charge in [0.25, 0.3) is 0 Å². The van der Waals surface area contributed by atoms with E-state index in [1.165, 1.54) is 22.9 Å². The van der Waals surface area contributed by atoms with Crippen molar-refractivity contribution in [3.8, 4) is 0 Å². The molecule has 0 aliphatic carbocycles. The molecule has 1 heterocycles. The molecule has 35 heavy (non-hydrogen) atoms. The first-order chi connectivity index (χ1) is 16.3. The van der Waals surface area contributed by atoms with E-state index in [0.717, 1.165) is 18.2 Å². The molecular formula is C24H21Cl2F3N2O4. The van der Waals surface area contributed by atoms with Gasteiger partial charge in [0.05, 0.1) is 28.7 Å². The normalized spacial score (nSPS) is 12.3. The molecule has 0 saturated carbocycles. The van der Waals surface area contributed by atoms with Crippen molar-refractivity contribution < 1.29 is 32.2 Å². The summed E-state index contributed by atoms with van der Waals surface area (Å²) in [6, 6.07) is 7.98. The fourth-order valence-corrected chi connectivity index (χ4v) is 3.45. The summed E-state index contributed by atoms with van der Waals surface area (Å²) < 4.78 is 51.0. The molecule has 3 rings (SSSR count). The summed E-state index contributed by atoms with van der Waals surface area (Å²) in [5, 5.41) is 5.49. The summed E-state index contributed by atoms with van der Waals surface area (Å²) in [7, 11) is 0. The second-order valence-corrected chi connectivity index (χ2v) is 9.45. The van der Waals surface area contributed by atoms with E-state index in [-0.39, 0.29) is 17.8 Å². The van der Waals surface area contributed by atoms with Gasteiger partial charge in [0.15, 0.2) is 0 Å². The van der Waals surface area contributed by atoms with Gasteiger partial charge in [-0.25, -0.2) is 4.79 Å². The van der Waals surface area contributed by atoms with Crippen LogP contribution in [0.4, 0.5) is 13.2 Å². The summed E-state index contributed by atoms with van der Waals surface area (Å²) in [6.07, 6.45) is -2.20. The SMILES string of the molecule is CC(C)(C)C(=O)OCOC(=O)/C=C/c1nn(Cc2ccc(Cl)cc2Cl)c2cc(C(F)(F)F)ccc12. The number of fused-ring (bicyclic) bond motifs is 1. The van der Waals surface area contributed by atoms with Crippen LogP contribution in [-0.4, -0.2) is 28.5 Å². The van der Waals surface area contributed by atoms with Crippen molar-refractivity contribution in [3.63, 3.8) is 0 Å². The average molecular weight is 529 g/mol. The molecule has 186 valence electrons. The maximum atomic E-state index is 13.3. The Labute approximate surface area is 209 Å². The summed E-state index contributed by atoms with van der Waals surface area (Å²) in [4.78, 5) is 23.8. The first-order valence-electron chi connectivity index (χ1n) is 10.3. The van der Waals surface area contributed by atoms with Gasteiger partial charge in [-0.2, -0.15) is 18.3 Å². The summed E-state index contributed by atoms with van der Waals surface area (Å²) in [5.74, 6) is -1.36. The molecule has 11 heteroatoms. The molecule has 0 unspecified atom stereocenters. The number of halogens is 5. The van der Waals surface area contributed by atoms with Gasteiger partial charge in [-0.1, -0.05) is 29.3 Å². The lowest BCUT2D eigenvalue weighted by atomic mass is 9.98. The van der Waals surface area contributed by atoms with E-state index >= 15 is 0 Å². The number of esters is 2. The molecule has 3 aromatic rings. The minimum Gasteiger partial charge on any atom is -0.427 e. The first kappa shape index (κ1) is 26.6. The molecule has 0 saturated heterocycles. The third kappa shape index (κ3) is 6.76. The topological polar surface area (TPSA) is 70.4 Å². The Morgan fingerprint density at radius 1 is 1.06 bits per heavy atom. The minimum absolute atomic E-state index is 0.0643. The first-order valence-corrected chi connectivity index (χ1v) is 11.0. The van der Waals surface area contributed by atoms with Crippen LogP contribution in [0, 0.1) is 5.41 Å². The van der Waals surface area contributed by atoms with Gasteiger partial charge in [-0.15, -0.1) is 0 Å². The number of aromatic nitrogens is 2. The Hall–Kier alpha value is -3.04. The van der Waals surface area contributed by atoms with Gasteiger partial charge in [-0.05, 0) is 62.7 Å². The monoisotopic (exact) mass is 528 g/mol. The lowest BCUT2D eigenvalue weighted by Gasteiger charge is -2.15. The van der Waals surface area contributed by atoms with E-state index in [2.05, 4.69) is 5.10 Å². The molecule has 0 aliphatic heterocycles. The Balaban J connectivity index is 1.88. The van der Waals surface area contributed by atoms with E-state index in [9.17, 15) is 22.8 Å². The lowest BCUT2D eigenvalue weighted by molar-refractivity contribution is -0.170. The van der Waals surface area contributed by atoms with E-state index in [1.54, 1.807) is 32.9 Å². The molecular weight excluding hydrogens is 508 g/mol. The summed E-state index contributed by atoms with van der Waals surface area (Å²) in [6.45, 7) is 4.45. The fourth-order valence-electron chi connectivity index (χ4n) is 2.98. The Bertz CT molecular complexity index is 1290. The second-order valence-electron chi connectivity index (χ2n) is 8.60. The van der Waals surface area contributed by atoms with Gasteiger partial charge < -0.3 is 9.47 Å². The zero-order valence-corrected chi connectivity index (χ0v) is 20.5. The van der Waals surface area contributed by atoms with E-state index in [0.29, 0.717) is 21.0 Å². The van der Waals surface area contributed by atoms with Gasteiger partial charge in [0.2, 0.25) is 6.79 Å². The number of benzene rings is 2. The number of rotatable bonds is 6. The molecule has 1 aromatic heterocycles. The van der Waals surface area contributed by atoms with E-state index in [4.69, 9.17) is 32.7 Å². The minimum atomic E-state index is -4.55. The van der Waals surface area contributed by atoms with Gasteiger partial charge in [0.1, 0.15) is 0 Å². The molecule has 0 spiro atoms. The molecule has 0 radical (unpaired) electrons. The van der Waals surface area contributed by atoms with Crippen LogP contribution in [-0.2, 0) is 31.8 Å². The van der Waals surface area contributed by atoms with Crippen molar-refractivity contribution in [1.29, 1.82) is 0 Å². The number of alkyl halides is 3. The van der Waals surface area contributed by atoms with Gasteiger partial charge in [0, 0.05) is 21.5 Å². The van der Waals surface area contributed by atoms with Crippen LogP contribution in [0.2, 0.25) is 10.0 Å². The standard InChI is InChI=1S/C24H21Cl2F3N2O4/c1-23(2,3)22(33)35-13-34-21(32)9-8-19-17-7-5-15(24(27,28)29)10-20(17)31(30-19)12-14-4-6-16(25)11-18(14)26/h4-11H,12-13H2,1-3H3/b9-8+. The number of carbonyl (C=O) groups is 2. The number of hydrogen-bond acceptors (Lipinski definition) is 5. The maximum Gasteiger partial charge on any atom is 0.416 e. The molecule has 2 aromatic carbocycles. The van der Waals surface area contributed by atoms with Crippen molar-refractivity contribution in [3.05, 3.63) is 69.3 Å². The Kier molecular flexibility index (Phi) is 7.81. The predicted octanol–water partition coefficient (Wildman–Crippen LogP) is 6.51. The Morgan fingerprint density at radius 3 is 2.40 bits per heavy atom.